The monoisotopic (exact) mass is 618 g/mol. The molecule has 0 saturated heterocycles. The third-order valence-electron chi connectivity index (χ3n) is 9.12. The van der Waals surface area contributed by atoms with E-state index in [2.05, 4.69) is 50.9 Å². The summed E-state index contributed by atoms with van der Waals surface area (Å²) in [7, 11) is 0. The fraction of sp³-hybridized carbons (Fsp3) is 0. The van der Waals surface area contributed by atoms with Crippen LogP contribution in [0.3, 0.4) is 0 Å². The third-order valence-corrected chi connectivity index (χ3v) is 9.12. The van der Waals surface area contributed by atoms with Crippen LogP contribution in [0.4, 0.5) is 5.69 Å². The van der Waals surface area contributed by atoms with E-state index in [1.54, 1.807) is 18.5 Å². The molecule has 0 bridgehead atoms. The number of benzene rings is 5. The summed E-state index contributed by atoms with van der Waals surface area (Å²) in [5.74, 6) is -0.671. The SMILES string of the molecule is O=C1c2cccc(-n3c4ccc(-c5cccnc5)cc4c4cc(-c5cccnc5)ccc43)c2C(=O)N1c1ccc(-c2ccccc2)cc1. The molecule has 9 rings (SSSR count). The van der Waals surface area contributed by atoms with Gasteiger partial charge >= 0.3 is 0 Å². The number of rotatable bonds is 5. The van der Waals surface area contributed by atoms with Crippen molar-refractivity contribution in [3.8, 4) is 39.1 Å². The Hall–Kier alpha value is -6.66. The first-order valence-corrected chi connectivity index (χ1v) is 15.7. The lowest BCUT2D eigenvalue weighted by Gasteiger charge is -2.15. The van der Waals surface area contributed by atoms with Crippen LogP contribution in [0, 0.1) is 0 Å². The van der Waals surface area contributed by atoms with Crippen LogP contribution >= 0.6 is 0 Å². The van der Waals surface area contributed by atoms with E-state index in [1.807, 2.05) is 103 Å². The molecule has 226 valence electrons. The molecule has 0 unspecified atom stereocenters. The van der Waals surface area contributed by atoms with Gasteiger partial charge in [-0.1, -0.05) is 72.8 Å². The second kappa shape index (κ2) is 11.0. The molecule has 5 aromatic carbocycles. The maximum atomic E-state index is 14.3. The van der Waals surface area contributed by atoms with Crippen LogP contribution in [-0.2, 0) is 0 Å². The molecule has 48 heavy (non-hydrogen) atoms. The van der Waals surface area contributed by atoms with Gasteiger partial charge in [-0.25, -0.2) is 4.90 Å². The number of aromatic nitrogens is 3. The Kier molecular flexibility index (Phi) is 6.33. The summed E-state index contributed by atoms with van der Waals surface area (Å²) in [4.78, 5) is 38.2. The first kappa shape index (κ1) is 27.6. The number of carbonyl (C=O) groups excluding carboxylic acids is 2. The molecule has 0 atom stereocenters. The highest BCUT2D eigenvalue weighted by Gasteiger charge is 2.39. The fourth-order valence-electron chi connectivity index (χ4n) is 6.83. The van der Waals surface area contributed by atoms with Crippen LogP contribution in [0.25, 0.3) is 60.9 Å². The number of anilines is 1. The zero-order valence-electron chi connectivity index (χ0n) is 25.6. The molecule has 0 aliphatic carbocycles. The molecule has 0 spiro atoms. The van der Waals surface area contributed by atoms with Crippen molar-refractivity contribution in [3.05, 3.63) is 169 Å². The zero-order chi connectivity index (χ0) is 32.2. The minimum absolute atomic E-state index is 0.331. The number of amides is 2. The Labute approximate surface area is 276 Å². The third kappa shape index (κ3) is 4.35. The second-order valence-corrected chi connectivity index (χ2v) is 11.8. The van der Waals surface area contributed by atoms with Gasteiger partial charge < -0.3 is 4.57 Å². The zero-order valence-corrected chi connectivity index (χ0v) is 25.6. The Morgan fingerprint density at radius 1 is 0.458 bits per heavy atom. The predicted molar refractivity (Wildman–Crippen MR) is 190 cm³/mol. The molecular weight excluding hydrogens is 592 g/mol. The van der Waals surface area contributed by atoms with Gasteiger partial charge in [0.1, 0.15) is 0 Å². The van der Waals surface area contributed by atoms with E-state index in [0.29, 0.717) is 22.5 Å². The standard InChI is InChI=1S/C42H26N4O2/c47-41-34-11-4-12-39(40(34)42(48)45(41)33-17-13-28(14-18-33)27-7-2-1-3-8-27)46-37-19-15-29(31-9-5-21-43-25-31)23-35(37)36-24-30(16-20-38(36)46)32-10-6-22-44-26-32/h1-26H. The highest BCUT2D eigenvalue weighted by atomic mass is 16.2. The summed E-state index contributed by atoms with van der Waals surface area (Å²) in [5.41, 5.74) is 10.0. The molecule has 3 aromatic heterocycles. The quantitative estimate of drug-likeness (QED) is 0.180. The molecule has 0 fully saturated rings. The molecular formula is C42H26N4O2. The average Bonchev–Trinajstić information content (AvgIpc) is 3.62. The molecule has 0 radical (unpaired) electrons. The summed E-state index contributed by atoms with van der Waals surface area (Å²) in [6.07, 6.45) is 7.25. The number of hydrogen-bond acceptors (Lipinski definition) is 4. The van der Waals surface area contributed by atoms with E-state index in [9.17, 15) is 9.59 Å². The summed E-state index contributed by atoms with van der Waals surface area (Å²) >= 11 is 0. The molecule has 6 nitrogen and oxygen atoms in total. The van der Waals surface area contributed by atoms with Crippen molar-refractivity contribution in [2.24, 2.45) is 0 Å². The van der Waals surface area contributed by atoms with Crippen LogP contribution in [0.5, 0.6) is 0 Å². The van der Waals surface area contributed by atoms with Gasteiger partial charge in [0.15, 0.2) is 0 Å². The summed E-state index contributed by atoms with van der Waals surface area (Å²) in [6.45, 7) is 0. The molecule has 2 amide bonds. The summed E-state index contributed by atoms with van der Waals surface area (Å²) in [6, 6.07) is 43.7. The van der Waals surface area contributed by atoms with Crippen molar-refractivity contribution in [2.75, 3.05) is 4.90 Å². The maximum Gasteiger partial charge on any atom is 0.268 e. The van der Waals surface area contributed by atoms with Crippen molar-refractivity contribution in [1.29, 1.82) is 0 Å². The number of nitrogens with zero attached hydrogens (tertiary/aromatic N) is 4. The highest BCUT2D eigenvalue weighted by molar-refractivity contribution is 6.35. The largest absolute Gasteiger partial charge is 0.308 e. The van der Waals surface area contributed by atoms with Gasteiger partial charge in [0, 0.05) is 46.7 Å². The Balaban J connectivity index is 1.22. The van der Waals surface area contributed by atoms with Gasteiger partial charge in [-0.3, -0.25) is 19.6 Å². The highest BCUT2D eigenvalue weighted by Crippen LogP contribution is 2.40. The number of fused-ring (bicyclic) bond motifs is 4. The van der Waals surface area contributed by atoms with Crippen LogP contribution < -0.4 is 4.90 Å². The van der Waals surface area contributed by atoms with Crippen LogP contribution in [0.1, 0.15) is 20.7 Å². The number of carbonyl (C=O) groups is 2. The number of imide groups is 1. The molecule has 0 saturated carbocycles. The molecule has 6 heteroatoms. The predicted octanol–water partition coefficient (Wildman–Crippen LogP) is 9.38. The molecule has 0 N–H and O–H groups in total. The fourth-order valence-corrected chi connectivity index (χ4v) is 6.83. The summed E-state index contributed by atoms with van der Waals surface area (Å²) < 4.78 is 2.11. The van der Waals surface area contributed by atoms with E-state index in [1.165, 1.54) is 4.90 Å². The van der Waals surface area contributed by atoms with Gasteiger partial charge in [0.05, 0.1) is 33.5 Å². The number of hydrogen-bond donors (Lipinski definition) is 0. The van der Waals surface area contributed by atoms with E-state index in [-0.39, 0.29) is 11.8 Å². The smallest absolute Gasteiger partial charge is 0.268 e. The minimum atomic E-state index is -0.341. The first-order valence-electron chi connectivity index (χ1n) is 15.7. The topological polar surface area (TPSA) is 68.1 Å². The maximum absolute atomic E-state index is 14.3. The van der Waals surface area contributed by atoms with Crippen molar-refractivity contribution in [3.63, 3.8) is 0 Å². The van der Waals surface area contributed by atoms with Crippen LogP contribution in [0.15, 0.2) is 158 Å². The van der Waals surface area contributed by atoms with Gasteiger partial charge in [-0.05, 0) is 82.9 Å². The molecule has 4 heterocycles. The van der Waals surface area contributed by atoms with E-state index < -0.39 is 0 Å². The summed E-state index contributed by atoms with van der Waals surface area (Å²) in [5, 5.41) is 2.06. The normalized spacial score (nSPS) is 12.6. The number of pyridine rings is 2. The van der Waals surface area contributed by atoms with Crippen molar-refractivity contribution >= 4 is 39.3 Å². The van der Waals surface area contributed by atoms with E-state index in [0.717, 1.165) is 55.2 Å². The molecule has 1 aliphatic rings. The lowest BCUT2D eigenvalue weighted by atomic mass is 10.0. The first-order chi connectivity index (χ1) is 23.7. The lowest BCUT2D eigenvalue weighted by molar-refractivity contribution is 0.0926. The van der Waals surface area contributed by atoms with Gasteiger partial charge in [-0.2, -0.15) is 0 Å². The van der Waals surface area contributed by atoms with Crippen molar-refractivity contribution < 1.29 is 9.59 Å². The van der Waals surface area contributed by atoms with Gasteiger partial charge in [0.2, 0.25) is 0 Å². The molecule has 8 aromatic rings. The van der Waals surface area contributed by atoms with Crippen LogP contribution in [-0.4, -0.2) is 26.3 Å². The van der Waals surface area contributed by atoms with Crippen molar-refractivity contribution in [2.45, 2.75) is 0 Å². The van der Waals surface area contributed by atoms with E-state index in [4.69, 9.17) is 0 Å². The van der Waals surface area contributed by atoms with Gasteiger partial charge in [0.25, 0.3) is 11.8 Å². The Bertz CT molecular complexity index is 2430. The van der Waals surface area contributed by atoms with E-state index >= 15 is 0 Å². The van der Waals surface area contributed by atoms with Crippen molar-refractivity contribution in [1.82, 2.24) is 14.5 Å². The van der Waals surface area contributed by atoms with Crippen LogP contribution in [0.2, 0.25) is 0 Å². The van der Waals surface area contributed by atoms with Gasteiger partial charge in [-0.15, -0.1) is 0 Å². The second-order valence-electron chi connectivity index (χ2n) is 11.8. The lowest BCUT2D eigenvalue weighted by Crippen LogP contribution is -2.29. The molecule has 1 aliphatic heterocycles. The minimum Gasteiger partial charge on any atom is -0.308 e. The average molecular weight is 619 g/mol. The Morgan fingerprint density at radius 3 is 1.60 bits per heavy atom. The Morgan fingerprint density at radius 2 is 1.02 bits per heavy atom.